The normalized spacial score (nSPS) is 20.6. The SMILES string of the molecule is O=C(c1ccc(Br)cc1)N1CCN(C2CCN(Cc3ccccn3)C2=O)CC1. The molecule has 7 heteroatoms. The van der Waals surface area contributed by atoms with Crippen LogP contribution in [0.3, 0.4) is 0 Å². The Morgan fingerprint density at radius 3 is 2.46 bits per heavy atom. The molecule has 2 saturated heterocycles. The highest BCUT2D eigenvalue weighted by atomic mass is 79.9. The van der Waals surface area contributed by atoms with Crippen LogP contribution in [0.25, 0.3) is 0 Å². The first-order valence-corrected chi connectivity index (χ1v) is 10.4. The molecule has 1 aromatic carbocycles. The van der Waals surface area contributed by atoms with E-state index in [2.05, 4.69) is 25.8 Å². The van der Waals surface area contributed by atoms with Crippen LogP contribution in [-0.2, 0) is 11.3 Å². The average molecular weight is 443 g/mol. The van der Waals surface area contributed by atoms with Crippen LogP contribution in [0.15, 0.2) is 53.1 Å². The van der Waals surface area contributed by atoms with E-state index in [4.69, 9.17) is 0 Å². The summed E-state index contributed by atoms with van der Waals surface area (Å²) in [6, 6.07) is 13.2. The lowest BCUT2D eigenvalue weighted by Gasteiger charge is -2.37. The van der Waals surface area contributed by atoms with Gasteiger partial charge in [0.2, 0.25) is 5.91 Å². The van der Waals surface area contributed by atoms with Gasteiger partial charge in [-0.3, -0.25) is 19.5 Å². The van der Waals surface area contributed by atoms with Gasteiger partial charge >= 0.3 is 0 Å². The van der Waals surface area contributed by atoms with Crippen LogP contribution in [0, 0.1) is 0 Å². The maximum absolute atomic E-state index is 12.8. The van der Waals surface area contributed by atoms with Gasteiger partial charge in [0.1, 0.15) is 0 Å². The molecule has 28 heavy (non-hydrogen) atoms. The predicted octanol–water partition coefficient (Wildman–Crippen LogP) is 2.40. The number of nitrogens with zero attached hydrogens (tertiary/aromatic N) is 4. The highest BCUT2D eigenvalue weighted by Crippen LogP contribution is 2.21. The number of likely N-dealkylation sites (tertiary alicyclic amines) is 1. The van der Waals surface area contributed by atoms with Crippen molar-refractivity contribution in [3.8, 4) is 0 Å². The number of carbonyl (C=O) groups is 2. The standard InChI is InChI=1S/C21H23BrN4O2/c22-17-6-4-16(5-7-17)20(27)25-13-11-24(12-14-25)19-8-10-26(21(19)28)15-18-3-1-2-9-23-18/h1-7,9,19H,8,10-15H2. The van der Waals surface area contributed by atoms with E-state index in [-0.39, 0.29) is 17.9 Å². The molecular formula is C21H23BrN4O2. The topological polar surface area (TPSA) is 56.8 Å². The van der Waals surface area contributed by atoms with E-state index in [1.165, 1.54) is 0 Å². The lowest BCUT2D eigenvalue weighted by atomic mass is 10.1. The van der Waals surface area contributed by atoms with E-state index in [1.807, 2.05) is 52.3 Å². The second kappa shape index (κ2) is 8.41. The van der Waals surface area contributed by atoms with Crippen LogP contribution >= 0.6 is 15.9 Å². The third-order valence-electron chi connectivity index (χ3n) is 5.48. The van der Waals surface area contributed by atoms with E-state index >= 15 is 0 Å². The minimum absolute atomic E-state index is 0.0571. The molecule has 0 bridgehead atoms. The third-order valence-corrected chi connectivity index (χ3v) is 6.01. The summed E-state index contributed by atoms with van der Waals surface area (Å²) in [5.41, 5.74) is 1.62. The van der Waals surface area contributed by atoms with Gasteiger partial charge in [0.25, 0.3) is 5.91 Å². The van der Waals surface area contributed by atoms with Crippen molar-refractivity contribution in [2.75, 3.05) is 32.7 Å². The molecule has 6 nitrogen and oxygen atoms in total. The molecule has 0 aliphatic carbocycles. The Hall–Kier alpha value is -2.25. The number of carbonyl (C=O) groups excluding carboxylic acids is 2. The minimum Gasteiger partial charge on any atom is -0.336 e. The Labute approximate surface area is 173 Å². The second-order valence-electron chi connectivity index (χ2n) is 7.22. The summed E-state index contributed by atoms with van der Waals surface area (Å²) in [6.45, 7) is 4.10. The Kier molecular flexibility index (Phi) is 5.73. The Bertz CT molecular complexity index is 835. The number of hydrogen-bond donors (Lipinski definition) is 0. The molecule has 2 fully saturated rings. The van der Waals surface area contributed by atoms with Gasteiger partial charge in [-0.1, -0.05) is 22.0 Å². The molecule has 0 spiro atoms. The van der Waals surface area contributed by atoms with Crippen LogP contribution < -0.4 is 0 Å². The van der Waals surface area contributed by atoms with E-state index in [1.54, 1.807) is 6.20 Å². The number of piperazine rings is 1. The summed E-state index contributed by atoms with van der Waals surface area (Å²) in [5, 5.41) is 0. The molecule has 2 amide bonds. The molecule has 2 aliphatic rings. The minimum atomic E-state index is -0.0753. The fraction of sp³-hybridized carbons (Fsp3) is 0.381. The first-order chi connectivity index (χ1) is 13.6. The van der Waals surface area contributed by atoms with E-state index in [9.17, 15) is 9.59 Å². The van der Waals surface area contributed by atoms with E-state index < -0.39 is 0 Å². The highest BCUT2D eigenvalue weighted by Gasteiger charge is 2.37. The quantitative estimate of drug-likeness (QED) is 0.729. The maximum atomic E-state index is 12.8. The van der Waals surface area contributed by atoms with Crippen LogP contribution in [0.4, 0.5) is 0 Å². The molecule has 3 heterocycles. The summed E-state index contributed by atoms with van der Waals surface area (Å²) in [5.74, 6) is 0.236. The first-order valence-electron chi connectivity index (χ1n) is 9.59. The molecule has 0 N–H and O–H groups in total. The molecule has 4 rings (SSSR count). The van der Waals surface area contributed by atoms with Crippen molar-refractivity contribution in [2.24, 2.45) is 0 Å². The number of amides is 2. The first kappa shape index (κ1) is 19.1. The largest absolute Gasteiger partial charge is 0.336 e. The summed E-state index contributed by atoms with van der Waals surface area (Å²) in [7, 11) is 0. The Morgan fingerprint density at radius 2 is 1.79 bits per heavy atom. The molecule has 2 aliphatic heterocycles. The number of aromatic nitrogens is 1. The van der Waals surface area contributed by atoms with E-state index in [0.717, 1.165) is 36.2 Å². The van der Waals surface area contributed by atoms with Crippen molar-refractivity contribution in [1.82, 2.24) is 19.7 Å². The molecule has 1 aromatic heterocycles. The van der Waals surface area contributed by atoms with E-state index in [0.29, 0.717) is 25.2 Å². The van der Waals surface area contributed by atoms with Gasteiger partial charge in [-0.15, -0.1) is 0 Å². The Balaban J connectivity index is 1.32. The molecule has 1 atom stereocenters. The number of halogens is 1. The van der Waals surface area contributed by atoms with Crippen molar-refractivity contribution in [1.29, 1.82) is 0 Å². The molecule has 0 saturated carbocycles. The van der Waals surface area contributed by atoms with Crippen LogP contribution in [-0.4, -0.2) is 70.3 Å². The van der Waals surface area contributed by atoms with Crippen molar-refractivity contribution < 1.29 is 9.59 Å². The highest BCUT2D eigenvalue weighted by molar-refractivity contribution is 9.10. The maximum Gasteiger partial charge on any atom is 0.253 e. The summed E-state index contributed by atoms with van der Waals surface area (Å²) in [4.78, 5) is 35.8. The Morgan fingerprint density at radius 1 is 1.04 bits per heavy atom. The van der Waals surface area contributed by atoms with Gasteiger partial charge in [-0.2, -0.15) is 0 Å². The van der Waals surface area contributed by atoms with Gasteiger partial charge in [-0.05, 0) is 42.8 Å². The number of pyridine rings is 1. The fourth-order valence-electron chi connectivity index (χ4n) is 3.92. The number of benzene rings is 1. The lowest BCUT2D eigenvalue weighted by Crippen LogP contribution is -2.53. The fourth-order valence-corrected chi connectivity index (χ4v) is 4.18. The van der Waals surface area contributed by atoms with Crippen molar-refractivity contribution in [3.05, 3.63) is 64.4 Å². The summed E-state index contributed by atoms with van der Waals surface area (Å²) < 4.78 is 0.962. The van der Waals surface area contributed by atoms with Gasteiger partial charge in [0.05, 0.1) is 18.3 Å². The molecular weight excluding hydrogens is 420 g/mol. The third kappa shape index (κ3) is 4.10. The number of hydrogen-bond acceptors (Lipinski definition) is 4. The molecule has 0 radical (unpaired) electrons. The zero-order valence-electron chi connectivity index (χ0n) is 15.6. The van der Waals surface area contributed by atoms with Gasteiger partial charge < -0.3 is 9.80 Å². The van der Waals surface area contributed by atoms with Gasteiger partial charge in [0.15, 0.2) is 0 Å². The van der Waals surface area contributed by atoms with Gasteiger partial charge in [0, 0.05) is 49.0 Å². The zero-order valence-corrected chi connectivity index (χ0v) is 17.2. The molecule has 2 aromatic rings. The second-order valence-corrected chi connectivity index (χ2v) is 8.14. The molecule has 146 valence electrons. The van der Waals surface area contributed by atoms with Gasteiger partial charge in [-0.25, -0.2) is 0 Å². The monoisotopic (exact) mass is 442 g/mol. The van der Waals surface area contributed by atoms with Crippen molar-refractivity contribution >= 4 is 27.7 Å². The zero-order chi connectivity index (χ0) is 19.5. The number of rotatable bonds is 4. The lowest BCUT2D eigenvalue weighted by molar-refractivity contribution is -0.133. The summed E-state index contributed by atoms with van der Waals surface area (Å²) in [6.07, 6.45) is 2.60. The van der Waals surface area contributed by atoms with Crippen LogP contribution in [0.5, 0.6) is 0 Å². The summed E-state index contributed by atoms with van der Waals surface area (Å²) >= 11 is 3.40. The van der Waals surface area contributed by atoms with Crippen molar-refractivity contribution in [2.45, 2.75) is 19.0 Å². The molecule has 1 unspecified atom stereocenters. The predicted molar refractivity (Wildman–Crippen MR) is 110 cm³/mol. The smallest absolute Gasteiger partial charge is 0.253 e. The van der Waals surface area contributed by atoms with Crippen molar-refractivity contribution in [3.63, 3.8) is 0 Å². The van der Waals surface area contributed by atoms with Crippen LogP contribution in [0.2, 0.25) is 0 Å². The van der Waals surface area contributed by atoms with Crippen LogP contribution in [0.1, 0.15) is 22.5 Å². The average Bonchev–Trinajstić information content (AvgIpc) is 3.09.